The Hall–Kier alpha value is -1.08. The maximum Gasteiger partial charge on any atom is 0.00159 e. The lowest BCUT2D eigenvalue weighted by molar-refractivity contribution is 0.311. The number of hydrogen-bond donors (Lipinski definition) is 0. The van der Waals surface area contributed by atoms with Gasteiger partial charge in [0, 0.05) is 13.1 Å². The van der Waals surface area contributed by atoms with E-state index in [0.717, 1.165) is 0 Å². The van der Waals surface area contributed by atoms with E-state index in [1.807, 2.05) is 0 Å². The molecule has 1 heterocycles. The van der Waals surface area contributed by atoms with Crippen molar-refractivity contribution >= 4 is 5.57 Å². The van der Waals surface area contributed by atoms with Crippen LogP contribution in [0.15, 0.2) is 23.8 Å². The number of aryl methyl sites for hydroxylation is 1. The predicted octanol–water partition coefficient (Wildman–Crippen LogP) is 4.06. The Morgan fingerprint density at radius 2 is 1.79 bits per heavy atom. The molecule has 0 unspecified atom stereocenters. The van der Waals surface area contributed by atoms with Crippen molar-refractivity contribution in [1.82, 2.24) is 4.90 Å². The minimum Gasteiger partial charge on any atom is -0.306 e. The van der Waals surface area contributed by atoms with Gasteiger partial charge in [-0.15, -0.1) is 0 Å². The van der Waals surface area contributed by atoms with E-state index in [1.54, 1.807) is 22.3 Å². The summed E-state index contributed by atoms with van der Waals surface area (Å²) in [6.45, 7) is 9.55. The van der Waals surface area contributed by atoms with Crippen LogP contribution in [0.1, 0.15) is 43.4 Å². The Morgan fingerprint density at radius 1 is 1.11 bits per heavy atom. The normalized spacial score (nSPS) is 22.7. The predicted molar refractivity (Wildman–Crippen MR) is 82.3 cm³/mol. The van der Waals surface area contributed by atoms with E-state index in [2.05, 4.69) is 50.9 Å². The summed E-state index contributed by atoms with van der Waals surface area (Å²) in [5, 5.41) is 0. The van der Waals surface area contributed by atoms with Gasteiger partial charge in [0.05, 0.1) is 0 Å². The summed E-state index contributed by atoms with van der Waals surface area (Å²) in [5.41, 5.74) is 8.30. The summed E-state index contributed by atoms with van der Waals surface area (Å²) >= 11 is 0. The molecule has 102 valence electrons. The minimum atomic E-state index is 0.319. The van der Waals surface area contributed by atoms with Crippen molar-refractivity contribution in [2.75, 3.05) is 20.1 Å². The lowest BCUT2D eigenvalue weighted by Gasteiger charge is -2.30. The number of piperidine rings is 1. The second-order valence-corrected chi connectivity index (χ2v) is 6.94. The molecule has 0 spiro atoms. The summed E-state index contributed by atoms with van der Waals surface area (Å²) in [6, 6.07) is 6.83. The Labute approximate surface area is 117 Å². The quantitative estimate of drug-likeness (QED) is 0.676. The summed E-state index contributed by atoms with van der Waals surface area (Å²) in [7, 11) is 2.24. The van der Waals surface area contributed by atoms with E-state index in [-0.39, 0.29) is 0 Å². The van der Waals surface area contributed by atoms with Crippen molar-refractivity contribution in [2.45, 2.75) is 40.0 Å². The van der Waals surface area contributed by atoms with Crippen LogP contribution in [0.25, 0.3) is 5.57 Å². The monoisotopic (exact) mass is 255 g/mol. The molecule has 0 amide bonds. The molecule has 0 radical (unpaired) electrons. The van der Waals surface area contributed by atoms with Crippen LogP contribution >= 0.6 is 0 Å². The van der Waals surface area contributed by atoms with Crippen LogP contribution in [-0.4, -0.2) is 25.0 Å². The average Bonchev–Trinajstić information content (AvgIpc) is 2.63. The highest BCUT2D eigenvalue weighted by Gasteiger charge is 2.36. The minimum absolute atomic E-state index is 0.319. The molecule has 1 aliphatic carbocycles. The molecule has 0 aromatic heterocycles. The van der Waals surface area contributed by atoms with Gasteiger partial charge in [-0.3, -0.25) is 0 Å². The molecule has 1 fully saturated rings. The lowest BCUT2D eigenvalue weighted by atomic mass is 9.80. The zero-order chi connectivity index (χ0) is 13.6. The summed E-state index contributed by atoms with van der Waals surface area (Å²) < 4.78 is 0. The molecule has 1 aromatic rings. The summed E-state index contributed by atoms with van der Waals surface area (Å²) in [6.07, 6.45) is 3.72. The fourth-order valence-corrected chi connectivity index (χ4v) is 3.87. The maximum absolute atomic E-state index is 2.45. The van der Waals surface area contributed by atoms with Gasteiger partial charge >= 0.3 is 0 Å². The first-order chi connectivity index (χ1) is 8.99. The zero-order valence-corrected chi connectivity index (χ0v) is 12.7. The van der Waals surface area contributed by atoms with E-state index in [4.69, 9.17) is 0 Å². The molecular formula is C18H25N. The number of benzene rings is 1. The molecular weight excluding hydrogens is 230 g/mol. The molecule has 1 aromatic carbocycles. The summed E-state index contributed by atoms with van der Waals surface area (Å²) in [4.78, 5) is 2.45. The third-order valence-corrected chi connectivity index (χ3v) is 4.92. The first-order valence-electron chi connectivity index (χ1n) is 7.49. The molecule has 1 nitrogen and oxygen atoms in total. The Bertz CT molecular complexity index is 527. The molecule has 3 rings (SSSR count). The van der Waals surface area contributed by atoms with Crippen molar-refractivity contribution in [2.24, 2.45) is 5.41 Å². The number of fused-ring (bicyclic) bond motifs is 1. The van der Waals surface area contributed by atoms with E-state index < -0.39 is 0 Å². The molecule has 19 heavy (non-hydrogen) atoms. The maximum atomic E-state index is 2.45. The van der Waals surface area contributed by atoms with E-state index in [9.17, 15) is 0 Å². The van der Waals surface area contributed by atoms with Crippen LogP contribution < -0.4 is 0 Å². The smallest absolute Gasteiger partial charge is 0.00159 e. The SMILES string of the molecule is Cc1cccc2c1CC(C)(C)C2=C1CCN(C)CC1. The molecule has 0 saturated carbocycles. The second kappa shape index (κ2) is 4.49. The van der Waals surface area contributed by atoms with E-state index >= 15 is 0 Å². The largest absolute Gasteiger partial charge is 0.306 e. The molecule has 2 aliphatic rings. The number of hydrogen-bond acceptors (Lipinski definition) is 1. The van der Waals surface area contributed by atoms with Gasteiger partial charge in [0.2, 0.25) is 0 Å². The molecule has 1 saturated heterocycles. The van der Waals surface area contributed by atoms with Gasteiger partial charge in [-0.25, -0.2) is 0 Å². The van der Waals surface area contributed by atoms with Gasteiger partial charge in [0.15, 0.2) is 0 Å². The van der Waals surface area contributed by atoms with Crippen LogP contribution in [0.4, 0.5) is 0 Å². The third kappa shape index (κ3) is 2.14. The van der Waals surface area contributed by atoms with Crippen LogP contribution in [0, 0.1) is 12.3 Å². The van der Waals surface area contributed by atoms with Crippen LogP contribution in [-0.2, 0) is 6.42 Å². The highest BCUT2D eigenvalue weighted by atomic mass is 15.1. The van der Waals surface area contributed by atoms with Crippen molar-refractivity contribution < 1.29 is 0 Å². The molecule has 1 aliphatic heterocycles. The molecule has 0 N–H and O–H groups in total. The number of rotatable bonds is 0. The fraction of sp³-hybridized carbons (Fsp3) is 0.556. The number of allylic oxidation sites excluding steroid dienone is 1. The number of nitrogens with zero attached hydrogens (tertiary/aromatic N) is 1. The lowest BCUT2D eigenvalue weighted by Crippen LogP contribution is -2.27. The standard InChI is InChI=1S/C18H25N/c1-13-6-5-7-15-16(13)12-18(2,3)17(15)14-8-10-19(4)11-9-14/h5-7H,8-12H2,1-4H3. The highest BCUT2D eigenvalue weighted by Crippen LogP contribution is 2.50. The average molecular weight is 255 g/mol. The number of likely N-dealkylation sites (tertiary alicyclic amines) is 1. The molecule has 0 atom stereocenters. The first kappa shape index (κ1) is 12.9. The topological polar surface area (TPSA) is 3.24 Å². The van der Waals surface area contributed by atoms with Gasteiger partial charge in [0.25, 0.3) is 0 Å². The third-order valence-electron chi connectivity index (χ3n) is 4.92. The van der Waals surface area contributed by atoms with Gasteiger partial charge in [0.1, 0.15) is 0 Å². The van der Waals surface area contributed by atoms with Crippen LogP contribution in [0.5, 0.6) is 0 Å². The second-order valence-electron chi connectivity index (χ2n) is 6.94. The Kier molecular flexibility index (Phi) is 3.05. The van der Waals surface area contributed by atoms with Crippen molar-refractivity contribution in [3.05, 3.63) is 40.5 Å². The van der Waals surface area contributed by atoms with Gasteiger partial charge in [-0.2, -0.15) is 0 Å². The van der Waals surface area contributed by atoms with Crippen molar-refractivity contribution in [1.29, 1.82) is 0 Å². The van der Waals surface area contributed by atoms with Crippen LogP contribution in [0.3, 0.4) is 0 Å². The fourth-order valence-electron chi connectivity index (χ4n) is 3.87. The van der Waals surface area contributed by atoms with E-state index in [1.165, 1.54) is 37.9 Å². The van der Waals surface area contributed by atoms with Gasteiger partial charge in [-0.1, -0.05) is 37.6 Å². The van der Waals surface area contributed by atoms with Crippen molar-refractivity contribution in [3.8, 4) is 0 Å². The molecule has 1 heteroatoms. The van der Waals surface area contributed by atoms with Crippen molar-refractivity contribution in [3.63, 3.8) is 0 Å². The zero-order valence-electron chi connectivity index (χ0n) is 12.7. The Balaban J connectivity index is 2.11. The van der Waals surface area contributed by atoms with Gasteiger partial charge < -0.3 is 4.90 Å². The first-order valence-corrected chi connectivity index (χ1v) is 7.49. The van der Waals surface area contributed by atoms with E-state index in [0.29, 0.717) is 5.41 Å². The highest BCUT2D eigenvalue weighted by molar-refractivity contribution is 5.80. The van der Waals surface area contributed by atoms with Crippen LogP contribution in [0.2, 0.25) is 0 Å². The van der Waals surface area contributed by atoms with Gasteiger partial charge in [-0.05, 0) is 60.9 Å². The summed E-state index contributed by atoms with van der Waals surface area (Å²) in [5.74, 6) is 0. The molecule has 0 bridgehead atoms. The Morgan fingerprint density at radius 3 is 2.47 bits per heavy atom.